The first-order valence-corrected chi connectivity index (χ1v) is 11.1. The van der Waals surface area contributed by atoms with Gasteiger partial charge >= 0.3 is 6.03 Å². The number of rotatable bonds is 4. The van der Waals surface area contributed by atoms with Crippen LogP contribution in [-0.4, -0.2) is 44.8 Å². The van der Waals surface area contributed by atoms with Crippen LogP contribution in [0.15, 0.2) is 60.5 Å². The van der Waals surface area contributed by atoms with Gasteiger partial charge in [0.1, 0.15) is 6.33 Å². The molecule has 0 spiro atoms. The molecule has 0 saturated carbocycles. The summed E-state index contributed by atoms with van der Waals surface area (Å²) in [4.78, 5) is 25.6. The molecule has 1 N–H and O–H groups in total. The molecule has 0 fully saturated rings. The normalized spacial score (nSPS) is 11.5. The number of nitrogens with zero attached hydrogens (tertiary/aromatic N) is 5. The molecule has 9 nitrogen and oxygen atoms in total. The maximum Gasteiger partial charge on any atom is 0.333 e. The van der Waals surface area contributed by atoms with Gasteiger partial charge in [-0.05, 0) is 19.1 Å². The van der Waals surface area contributed by atoms with E-state index in [1.807, 2.05) is 6.92 Å². The van der Waals surface area contributed by atoms with Gasteiger partial charge in [-0.2, -0.15) is 0 Å². The van der Waals surface area contributed by atoms with E-state index >= 15 is 0 Å². The predicted octanol–water partition coefficient (Wildman–Crippen LogP) is 2.98. The summed E-state index contributed by atoms with van der Waals surface area (Å²) in [5, 5.41) is 3.17. The summed E-state index contributed by atoms with van der Waals surface area (Å²) >= 11 is 1.30. The lowest BCUT2D eigenvalue weighted by atomic mass is 10.1. The van der Waals surface area contributed by atoms with E-state index in [0.29, 0.717) is 16.5 Å². The van der Waals surface area contributed by atoms with E-state index in [-0.39, 0.29) is 10.9 Å². The van der Waals surface area contributed by atoms with Gasteiger partial charge in [-0.3, -0.25) is 9.88 Å². The molecule has 0 saturated heterocycles. The van der Waals surface area contributed by atoms with Crippen LogP contribution in [0.5, 0.6) is 0 Å². The Balaban J connectivity index is 1.77. The van der Waals surface area contributed by atoms with Gasteiger partial charge in [-0.1, -0.05) is 17.4 Å². The second-order valence-corrected chi connectivity index (χ2v) is 9.27. The molecule has 3 aromatic heterocycles. The third-order valence-electron chi connectivity index (χ3n) is 4.17. The Hall–Kier alpha value is -3.31. The van der Waals surface area contributed by atoms with E-state index in [2.05, 4.69) is 20.3 Å². The number of carbonyl (C=O) groups is 1. The molecule has 0 aliphatic heterocycles. The van der Waals surface area contributed by atoms with Crippen LogP contribution in [0.2, 0.25) is 0 Å². The number of thiazole rings is 1. The molecular formula is C18H16N6O3S2. The van der Waals surface area contributed by atoms with E-state index < -0.39 is 9.84 Å². The highest BCUT2D eigenvalue weighted by Crippen LogP contribution is 2.37. The van der Waals surface area contributed by atoms with Crippen LogP contribution in [0, 0.1) is 6.92 Å². The minimum absolute atomic E-state index is 0.209. The van der Waals surface area contributed by atoms with Crippen molar-refractivity contribution in [3.63, 3.8) is 0 Å². The third-order valence-corrected chi connectivity index (χ3v) is 6.39. The first-order valence-electron chi connectivity index (χ1n) is 8.42. The van der Waals surface area contributed by atoms with Gasteiger partial charge in [0.05, 0.1) is 27.5 Å². The lowest BCUT2D eigenvalue weighted by Crippen LogP contribution is -2.17. The van der Waals surface area contributed by atoms with Crippen molar-refractivity contribution >= 4 is 32.3 Å². The number of anilines is 1. The van der Waals surface area contributed by atoms with Crippen molar-refractivity contribution in [2.24, 2.45) is 0 Å². The monoisotopic (exact) mass is 428 g/mol. The van der Waals surface area contributed by atoms with E-state index in [0.717, 1.165) is 10.4 Å². The number of aromatic nitrogens is 5. The summed E-state index contributed by atoms with van der Waals surface area (Å²) in [5.41, 5.74) is 2.16. The molecular weight excluding hydrogens is 412 g/mol. The van der Waals surface area contributed by atoms with Crippen LogP contribution in [-0.2, 0) is 9.84 Å². The maximum absolute atomic E-state index is 12.2. The Morgan fingerprint density at radius 3 is 2.55 bits per heavy atom. The fourth-order valence-corrected chi connectivity index (χ4v) is 4.42. The van der Waals surface area contributed by atoms with Crippen LogP contribution < -0.4 is 5.32 Å². The van der Waals surface area contributed by atoms with Gasteiger partial charge < -0.3 is 4.57 Å². The maximum atomic E-state index is 12.2. The molecule has 29 heavy (non-hydrogen) atoms. The number of benzene rings is 1. The summed E-state index contributed by atoms with van der Waals surface area (Å²) in [6, 6.07) is 4.54. The zero-order valence-electron chi connectivity index (χ0n) is 15.5. The number of hydrogen-bond donors (Lipinski definition) is 1. The fourth-order valence-electron chi connectivity index (χ4n) is 2.78. The molecule has 3 heterocycles. The standard InChI is InChI=1S/C18H16N6O3S2/c1-12-16(28-17(21-12)22-18(25)24-8-6-20-11-24)14-4-3-13(29(2,26)27)9-15(14)23-7-5-19-10-23/h3-11H,1-2H3,(H,21,22,25). The Morgan fingerprint density at radius 1 is 1.14 bits per heavy atom. The topological polar surface area (TPSA) is 112 Å². The Morgan fingerprint density at radius 2 is 1.90 bits per heavy atom. The SMILES string of the molecule is Cc1nc(NC(=O)n2ccnc2)sc1-c1ccc(S(C)(=O)=O)cc1-n1ccnc1. The van der Waals surface area contributed by atoms with Crippen molar-refractivity contribution in [1.29, 1.82) is 0 Å². The zero-order valence-corrected chi connectivity index (χ0v) is 17.1. The second kappa shape index (κ2) is 7.26. The number of sulfone groups is 1. The number of nitrogens with one attached hydrogen (secondary N) is 1. The largest absolute Gasteiger partial charge is 0.333 e. The molecule has 1 amide bonds. The highest BCUT2D eigenvalue weighted by Gasteiger charge is 2.18. The summed E-state index contributed by atoms with van der Waals surface area (Å²) < 4.78 is 27.1. The molecule has 11 heteroatoms. The summed E-state index contributed by atoms with van der Waals surface area (Å²) in [5.74, 6) is 0. The molecule has 4 aromatic rings. The Kier molecular flexibility index (Phi) is 4.76. The van der Waals surface area contributed by atoms with Crippen molar-refractivity contribution in [3.8, 4) is 16.1 Å². The molecule has 0 unspecified atom stereocenters. The van der Waals surface area contributed by atoms with Crippen LogP contribution in [0.3, 0.4) is 0 Å². The van der Waals surface area contributed by atoms with Gasteiger partial charge in [-0.25, -0.2) is 28.2 Å². The van der Waals surface area contributed by atoms with Gasteiger partial charge in [0.15, 0.2) is 15.0 Å². The van der Waals surface area contributed by atoms with E-state index in [9.17, 15) is 13.2 Å². The molecule has 4 rings (SSSR count). The van der Waals surface area contributed by atoms with Crippen LogP contribution >= 0.6 is 11.3 Å². The van der Waals surface area contributed by atoms with E-state index in [1.54, 1.807) is 41.5 Å². The molecule has 0 bridgehead atoms. The first-order chi connectivity index (χ1) is 13.8. The molecule has 0 aliphatic carbocycles. The Labute approximate surface area is 170 Å². The summed E-state index contributed by atoms with van der Waals surface area (Å²) in [6.07, 6.45) is 10.6. The smallest absolute Gasteiger partial charge is 0.306 e. The van der Waals surface area contributed by atoms with Gasteiger partial charge in [0.2, 0.25) is 0 Å². The third kappa shape index (κ3) is 3.82. The number of carbonyl (C=O) groups excluding carboxylic acids is 1. The lowest BCUT2D eigenvalue weighted by molar-refractivity contribution is 0.253. The highest BCUT2D eigenvalue weighted by molar-refractivity contribution is 7.90. The van der Waals surface area contributed by atoms with Gasteiger partial charge in [-0.15, -0.1) is 0 Å². The number of hydrogen-bond acceptors (Lipinski definition) is 7. The summed E-state index contributed by atoms with van der Waals surface area (Å²) in [6.45, 7) is 1.83. The Bertz CT molecular complexity index is 1280. The molecule has 0 aliphatic rings. The molecule has 148 valence electrons. The average molecular weight is 428 g/mol. The van der Waals surface area contributed by atoms with Crippen LogP contribution in [0.25, 0.3) is 16.1 Å². The van der Waals surface area contributed by atoms with E-state index in [1.165, 1.54) is 40.9 Å². The van der Waals surface area contributed by atoms with Crippen molar-refractivity contribution < 1.29 is 13.2 Å². The van der Waals surface area contributed by atoms with E-state index in [4.69, 9.17) is 0 Å². The van der Waals surface area contributed by atoms with Gasteiger partial charge in [0.25, 0.3) is 0 Å². The highest BCUT2D eigenvalue weighted by atomic mass is 32.2. The lowest BCUT2D eigenvalue weighted by Gasteiger charge is -2.11. The number of imidazole rings is 2. The summed E-state index contributed by atoms with van der Waals surface area (Å²) in [7, 11) is -3.37. The van der Waals surface area contributed by atoms with Gasteiger partial charge in [0, 0.05) is 36.6 Å². The minimum Gasteiger partial charge on any atom is -0.306 e. The fraction of sp³-hybridized carbons (Fsp3) is 0.111. The van der Waals surface area contributed by atoms with Crippen molar-refractivity contribution in [1.82, 2.24) is 24.1 Å². The number of amides is 1. The molecule has 1 aromatic carbocycles. The van der Waals surface area contributed by atoms with Crippen LogP contribution in [0.4, 0.5) is 9.93 Å². The van der Waals surface area contributed by atoms with Crippen molar-refractivity contribution in [2.75, 3.05) is 11.6 Å². The molecule has 0 atom stereocenters. The minimum atomic E-state index is -3.37. The average Bonchev–Trinajstić information content (AvgIpc) is 3.43. The zero-order chi connectivity index (χ0) is 20.6. The van der Waals surface area contributed by atoms with Crippen LogP contribution in [0.1, 0.15) is 5.69 Å². The number of aryl methyl sites for hydroxylation is 1. The molecule has 0 radical (unpaired) electrons. The first kappa shape index (κ1) is 19.0. The quantitative estimate of drug-likeness (QED) is 0.535. The van der Waals surface area contributed by atoms with Crippen molar-refractivity contribution in [2.45, 2.75) is 11.8 Å². The van der Waals surface area contributed by atoms with Crippen molar-refractivity contribution in [3.05, 3.63) is 61.3 Å². The second-order valence-electron chi connectivity index (χ2n) is 6.25. The predicted molar refractivity (Wildman–Crippen MR) is 109 cm³/mol.